The van der Waals surface area contributed by atoms with Crippen molar-refractivity contribution >= 4 is 65.3 Å². The molecule has 5 heteroatoms. The molecule has 0 aliphatic carbocycles. The second kappa shape index (κ2) is 16.1. The Balaban J connectivity index is 1.03. The normalized spacial score (nSPS) is 11.7. The summed E-state index contributed by atoms with van der Waals surface area (Å²) in [5, 5.41) is 9.20. The highest BCUT2D eigenvalue weighted by Gasteiger charge is 2.24. The maximum Gasteiger partial charge on any atom is 0.164 e. The van der Waals surface area contributed by atoms with Crippen molar-refractivity contribution in [1.29, 1.82) is 0 Å². The highest BCUT2D eigenvalue weighted by molar-refractivity contribution is 6.24. The van der Waals surface area contributed by atoms with Gasteiger partial charge in [0.15, 0.2) is 17.5 Å². The predicted molar refractivity (Wildman–Crippen MR) is 289 cm³/mol. The van der Waals surface area contributed by atoms with Gasteiger partial charge in [-0.2, -0.15) is 0 Å². The minimum Gasteiger partial charge on any atom is -0.456 e. The minimum atomic E-state index is 0.565. The van der Waals surface area contributed by atoms with Gasteiger partial charge in [-0.25, -0.2) is 15.0 Å². The lowest BCUT2D eigenvalue weighted by molar-refractivity contribution is 0.668. The Labute approximate surface area is 403 Å². The molecule has 0 saturated heterocycles. The molecular formula is C65H40N4O. The molecule has 3 heterocycles. The summed E-state index contributed by atoms with van der Waals surface area (Å²) in [5.41, 5.74) is 14.1. The molecule has 0 fully saturated rings. The van der Waals surface area contributed by atoms with Crippen LogP contribution >= 0.6 is 0 Å². The lowest BCUT2D eigenvalue weighted by Gasteiger charge is -2.15. The van der Waals surface area contributed by atoms with E-state index < -0.39 is 0 Å². The molecule has 0 aliphatic heterocycles. The first-order valence-corrected chi connectivity index (χ1v) is 23.7. The van der Waals surface area contributed by atoms with E-state index >= 15 is 0 Å². The summed E-state index contributed by atoms with van der Waals surface area (Å²) >= 11 is 0. The van der Waals surface area contributed by atoms with Gasteiger partial charge in [0.1, 0.15) is 11.2 Å². The largest absolute Gasteiger partial charge is 0.456 e. The molecule has 0 aliphatic rings. The molecular weight excluding hydrogens is 853 g/mol. The second-order valence-corrected chi connectivity index (χ2v) is 17.9. The maximum absolute atomic E-state index is 6.98. The molecule has 5 nitrogen and oxygen atoms in total. The fraction of sp³-hybridized carbons (Fsp3) is 0. The average molecular weight is 893 g/mol. The third kappa shape index (κ3) is 6.59. The Bertz CT molecular complexity index is 4270. The van der Waals surface area contributed by atoms with Gasteiger partial charge in [0, 0.05) is 49.9 Å². The van der Waals surface area contributed by atoms with Crippen LogP contribution in [0.3, 0.4) is 0 Å². The van der Waals surface area contributed by atoms with E-state index in [9.17, 15) is 0 Å². The lowest BCUT2D eigenvalue weighted by atomic mass is 9.95. The molecule has 0 unspecified atom stereocenters. The van der Waals surface area contributed by atoms with Crippen molar-refractivity contribution in [2.45, 2.75) is 0 Å². The summed E-state index contributed by atoms with van der Waals surface area (Å²) < 4.78 is 9.43. The van der Waals surface area contributed by atoms with Crippen LogP contribution in [0, 0.1) is 0 Å². The van der Waals surface area contributed by atoms with Crippen LogP contribution in [0.25, 0.3) is 139 Å². The number of benzene rings is 11. The molecule has 0 atom stereocenters. The maximum atomic E-state index is 6.98. The van der Waals surface area contributed by atoms with Gasteiger partial charge < -0.3 is 8.98 Å². The Morgan fingerprint density at radius 2 is 0.843 bits per heavy atom. The number of hydrogen-bond donors (Lipinski definition) is 0. The van der Waals surface area contributed by atoms with Gasteiger partial charge in [-0.05, 0) is 97.9 Å². The van der Waals surface area contributed by atoms with Crippen LogP contribution in [0.15, 0.2) is 247 Å². The monoisotopic (exact) mass is 892 g/mol. The summed E-state index contributed by atoms with van der Waals surface area (Å²) in [6, 6.07) is 85.8. The zero-order valence-electron chi connectivity index (χ0n) is 37.8. The van der Waals surface area contributed by atoms with Crippen molar-refractivity contribution < 1.29 is 4.42 Å². The Hall–Kier alpha value is -9.45. The van der Waals surface area contributed by atoms with E-state index in [2.05, 4.69) is 211 Å². The van der Waals surface area contributed by atoms with Crippen LogP contribution in [-0.2, 0) is 0 Å². The van der Waals surface area contributed by atoms with Gasteiger partial charge in [0.05, 0.1) is 16.7 Å². The highest BCUT2D eigenvalue weighted by Crippen LogP contribution is 2.45. The van der Waals surface area contributed by atoms with E-state index in [4.69, 9.17) is 19.4 Å². The Morgan fingerprint density at radius 3 is 1.53 bits per heavy atom. The fourth-order valence-electron chi connectivity index (χ4n) is 10.5. The van der Waals surface area contributed by atoms with Crippen molar-refractivity contribution in [3.63, 3.8) is 0 Å². The highest BCUT2D eigenvalue weighted by atomic mass is 16.3. The van der Waals surface area contributed by atoms with Gasteiger partial charge in [-0.1, -0.05) is 188 Å². The standard InChI is InChI=1S/C65H40N4O/c1-5-18-41(19-6-1)48-34-49(42-20-7-2-8-21-42)36-50(35-48)64-66-63(45-25-11-4-12-26-45)67-65(68-64)52-30-17-31-59-62(52)55-39-53(43-22-9-3-10-23-43)58(40-60(55)70-59)69-56-33-32-44-24-15-16-29-51(44)61(56)54-37-46-27-13-14-28-47(46)38-57(54)69/h1-40H. The molecule has 326 valence electrons. The second-order valence-electron chi connectivity index (χ2n) is 17.9. The third-order valence-electron chi connectivity index (χ3n) is 13.8. The smallest absolute Gasteiger partial charge is 0.164 e. The van der Waals surface area contributed by atoms with E-state index in [1.54, 1.807) is 0 Å². The fourth-order valence-corrected chi connectivity index (χ4v) is 10.5. The van der Waals surface area contributed by atoms with Gasteiger partial charge in [0.25, 0.3) is 0 Å². The van der Waals surface area contributed by atoms with Crippen LogP contribution in [0.1, 0.15) is 0 Å². The molecule has 0 amide bonds. The molecule has 0 spiro atoms. The SMILES string of the molecule is c1ccc(-c2cc(-c3ccccc3)cc(-c3nc(-c4ccccc4)nc(-c4cccc5oc6cc(-n7c8cc9ccccc9cc8c8c9ccccc9ccc87)c(-c7ccccc7)cc6c45)n3)c2)cc1. The Morgan fingerprint density at radius 1 is 0.286 bits per heavy atom. The summed E-state index contributed by atoms with van der Waals surface area (Å²) in [6.07, 6.45) is 0. The molecule has 11 aromatic carbocycles. The van der Waals surface area contributed by atoms with Crippen LogP contribution in [-0.4, -0.2) is 19.5 Å². The first-order chi connectivity index (χ1) is 34.7. The molecule has 0 N–H and O–H groups in total. The number of furan rings is 1. The van der Waals surface area contributed by atoms with Crippen molar-refractivity contribution in [3.05, 3.63) is 243 Å². The van der Waals surface area contributed by atoms with Crippen LogP contribution in [0.4, 0.5) is 0 Å². The van der Waals surface area contributed by atoms with Gasteiger partial charge in [-0.15, -0.1) is 0 Å². The van der Waals surface area contributed by atoms with Crippen molar-refractivity contribution in [2.24, 2.45) is 0 Å². The zero-order valence-corrected chi connectivity index (χ0v) is 37.8. The number of aromatic nitrogens is 4. The summed E-state index contributed by atoms with van der Waals surface area (Å²) in [7, 11) is 0. The zero-order chi connectivity index (χ0) is 46.1. The lowest BCUT2D eigenvalue weighted by Crippen LogP contribution is -2.01. The Kier molecular flexibility index (Phi) is 9.14. The molecule has 70 heavy (non-hydrogen) atoms. The molecule has 0 saturated carbocycles. The molecule has 14 rings (SSSR count). The van der Waals surface area contributed by atoms with Gasteiger partial charge in [0.2, 0.25) is 0 Å². The summed E-state index contributed by atoms with van der Waals surface area (Å²) in [4.78, 5) is 15.9. The molecule has 3 aromatic heterocycles. The van der Waals surface area contributed by atoms with Crippen molar-refractivity contribution in [2.75, 3.05) is 0 Å². The van der Waals surface area contributed by atoms with Gasteiger partial charge >= 0.3 is 0 Å². The predicted octanol–water partition coefficient (Wildman–Crippen LogP) is 17.2. The van der Waals surface area contributed by atoms with E-state index in [-0.39, 0.29) is 0 Å². The van der Waals surface area contributed by atoms with Crippen molar-refractivity contribution in [1.82, 2.24) is 19.5 Å². The molecule has 14 aromatic rings. The van der Waals surface area contributed by atoms with E-state index in [1.165, 1.54) is 32.3 Å². The van der Waals surface area contributed by atoms with Crippen LogP contribution in [0.2, 0.25) is 0 Å². The summed E-state index contributed by atoms with van der Waals surface area (Å²) in [6.45, 7) is 0. The number of hydrogen-bond acceptors (Lipinski definition) is 4. The van der Waals surface area contributed by atoms with E-state index in [1.807, 2.05) is 36.4 Å². The quantitative estimate of drug-likeness (QED) is 0.160. The number of nitrogens with zero attached hydrogens (tertiary/aromatic N) is 4. The van der Waals surface area contributed by atoms with E-state index in [0.717, 1.165) is 88.7 Å². The van der Waals surface area contributed by atoms with Crippen LogP contribution < -0.4 is 0 Å². The topological polar surface area (TPSA) is 56.7 Å². The van der Waals surface area contributed by atoms with E-state index in [0.29, 0.717) is 17.5 Å². The first-order valence-electron chi connectivity index (χ1n) is 23.7. The average Bonchev–Trinajstić information content (AvgIpc) is 3.97. The molecule has 0 radical (unpaired) electrons. The van der Waals surface area contributed by atoms with Gasteiger partial charge in [-0.3, -0.25) is 0 Å². The van der Waals surface area contributed by atoms with Crippen molar-refractivity contribution in [3.8, 4) is 73.2 Å². The first kappa shape index (κ1) is 39.7. The number of rotatable bonds is 7. The van der Waals surface area contributed by atoms with Crippen LogP contribution in [0.5, 0.6) is 0 Å². The molecule has 0 bridgehead atoms. The minimum absolute atomic E-state index is 0.565. The summed E-state index contributed by atoms with van der Waals surface area (Å²) in [5.74, 6) is 1.74. The third-order valence-corrected chi connectivity index (χ3v) is 13.8. The number of fused-ring (bicyclic) bond motifs is 9.